The minimum atomic E-state index is -4.79. The van der Waals surface area contributed by atoms with E-state index in [0.717, 1.165) is 65.1 Å². The maximum absolute atomic E-state index is 14.6. The Morgan fingerprint density at radius 1 is 1.23 bits per heavy atom. The van der Waals surface area contributed by atoms with Gasteiger partial charge in [0, 0.05) is 19.8 Å². The van der Waals surface area contributed by atoms with Gasteiger partial charge in [0.25, 0.3) is 0 Å². The van der Waals surface area contributed by atoms with Crippen LogP contribution in [0, 0.1) is 5.21 Å². The van der Waals surface area contributed by atoms with E-state index in [-0.39, 0.29) is 18.7 Å². The highest BCUT2D eigenvalue weighted by molar-refractivity contribution is 7.86. The molecule has 0 saturated carbocycles. The number of nitrogens with zero attached hydrogens (tertiary/aromatic N) is 4. The first-order valence-corrected chi connectivity index (χ1v) is 13.5. The topological polar surface area (TPSA) is 115 Å². The highest BCUT2D eigenvalue weighted by atomic mass is 32.2. The number of carbonyl (C=O) groups excluding carboxylic acids is 1. The van der Waals surface area contributed by atoms with Crippen molar-refractivity contribution in [3.63, 3.8) is 0 Å². The lowest BCUT2D eigenvalue weighted by molar-refractivity contribution is -0.604. The number of amides is 2. The zero-order valence-electron chi connectivity index (χ0n) is 20.0. The Morgan fingerprint density at radius 2 is 1.89 bits per heavy atom. The van der Waals surface area contributed by atoms with Gasteiger partial charge in [0.2, 0.25) is 0 Å². The van der Waals surface area contributed by atoms with Crippen molar-refractivity contribution >= 4 is 27.6 Å². The lowest BCUT2D eigenvalue weighted by atomic mass is 9.99. The maximum atomic E-state index is 14.6. The van der Waals surface area contributed by atoms with Crippen molar-refractivity contribution < 1.29 is 22.1 Å². The number of likely N-dealkylation sites (tertiary alicyclic amines) is 1. The quantitative estimate of drug-likeness (QED) is 0.567. The van der Waals surface area contributed by atoms with Crippen LogP contribution < -0.4 is 14.1 Å². The van der Waals surface area contributed by atoms with E-state index in [4.69, 9.17) is 0 Å². The van der Waals surface area contributed by atoms with Gasteiger partial charge in [0.1, 0.15) is 6.17 Å². The molecular formula is C23H31FN6O4S. The van der Waals surface area contributed by atoms with Gasteiger partial charge in [-0.2, -0.15) is 18.0 Å². The number of benzene rings is 1. The third kappa shape index (κ3) is 4.32. The van der Waals surface area contributed by atoms with Gasteiger partial charge in [-0.15, -0.1) is 0 Å². The highest BCUT2D eigenvalue weighted by Gasteiger charge is 2.41. The normalized spacial score (nSPS) is 22.7. The summed E-state index contributed by atoms with van der Waals surface area (Å²) in [5.41, 5.74) is 5.04. The van der Waals surface area contributed by atoms with Gasteiger partial charge in [-0.1, -0.05) is 6.07 Å². The van der Waals surface area contributed by atoms with Gasteiger partial charge in [-0.05, 0) is 74.2 Å². The Hall–Kier alpha value is -2.54. The second-order valence-electron chi connectivity index (χ2n) is 9.74. The monoisotopic (exact) mass is 506 g/mol. The molecule has 0 bridgehead atoms. The number of likely N-dealkylation sites (N-methyl/N-ethyl adjacent to an activating group) is 1. The summed E-state index contributed by atoms with van der Waals surface area (Å²) in [5, 5.41) is 19.8. The van der Waals surface area contributed by atoms with Gasteiger partial charge in [-0.3, -0.25) is 14.9 Å². The van der Waals surface area contributed by atoms with Gasteiger partial charge in [0.05, 0.1) is 30.2 Å². The highest BCUT2D eigenvalue weighted by Crippen LogP contribution is 2.38. The number of hydrogen-bond acceptors (Lipinski definition) is 6. The molecule has 2 aliphatic carbocycles. The first-order chi connectivity index (χ1) is 16.7. The van der Waals surface area contributed by atoms with Crippen LogP contribution in [0.15, 0.2) is 18.5 Å². The SMILES string of the molecule is CN1CCC(F)C1CN(c1cnn(C)c1)S(=O)(=O)[NH+]([O-])C(=O)Nc1c2c(cc3c1CCC3)CCC2. The first-order valence-electron chi connectivity index (χ1n) is 12.0. The predicted molar refractivity (Wildman–Crippen MR) is 129 cm³/mol. The number of aromatic nitrogens is 2. The molecule has 2 amide bonds. The number of quaternary nitrogens is 1. The maximum Gasteiger partial charge on any atom is 0.436 e. The van der Waals surface area contributed by atoms with Crippen molar-refractivity contribution in [3.8, 4) is 0 Å². The number of hydroxylamine groups is 1. The average molecular weight is 507 g/mol. The summed E-state index contributed by atoms with van der Waals surface area (Å²) in [7, 11) is -1.47. The predicted octanol–water partition coefficient (Wildman–Crippen LogP) is 1.11. The van der Waals surface area contributed by atoms with E-state index in [9.17, 15) is 22.8 Å². The molecular weight excluding hydrogens is 475 g/mol. The zero-order valence-corrected chi connectivity index (χ0v) is 20.8. The van der Waals surface area contributed by atoms with E-state index in [0.29, 0.717) is 12.2 Å². The van der Waals surface area contributed by atoms with Crippen LogP contribution in [0.2, 0.25) is 0 Å². The number of halogens is 1. The van der Waals surface area contributed by atoms with Crippen LogP contribution in [0.1, 0.15) is 41.5 Å². The molecule has 5 rings (SSSR count). The van der Waals surface area contributed by atoms with Crippen molar-refractivity contribution in [2.75, 3.05) is 29.8 Å². The summed E-state index contributed by atoms with van der Waals surface area (Å²) < 4.78 is 42.2. The van der Waals surface area contributed by atoms with E-state index in [1.807, 2.05) is 0 Å². The van der Waals surface area contributed by atoms with Crippen molar-refractivity contribution in [3.05, 3.63) is 45.9 Å². The fourth-order valence-electron chi connectivity index (χ4n) is 5.61. The van der Waals surface area contributed by atoms with Gasteiger partial charge < -0.3 is 5.21 Å². The number of hydrogen-bond donors (Lipinski definition) is 2. The Kier molecular flexibility index (Phi) is 6.32. The second kappa shape index (κ2) is 9.16. The molecule has 1 fully saturated rings. The molecule has 1 saturated heterocycles. The molecule has 0 spiro atoms. The molecule has 35 heavy (non-hydrogen) atoms. The molecule has 2 aromatic rings. The molecule has 1 aromatic heterocycles. The van der Waals surface area contributed by atoms with Crippen LogP contribution in [-0.4, -0.2) is 61.5 Å². The molecule has 2 N–H and O–H groups in total. The smallest absolute Gasteiger partial charge is 0.436 e. The second-order valence-corrected chi connectivity index (χ2v) is 11.5. The lowest BCUT2D eigenvalue weighted by Crippen LogP contribution is -3.14. The summed E-state index contributed by atoms with van der Waals surface area (Å²) in [6.45, 7) is 0.187. The number of urea groups is 1. The van der Waals surface area contributed by atoms with Crippen LogP contribution in [0.4, 0.5) is 20.6 Å². The summed E-state index contributed by atoms with van der Waals surface area (Å²) in [6.07, 6.45) is 7.07. The molecule has 1 aromatic carbocycles. The van der Waals surface area contributed by atoms with Crippen LogP contribution in [0.25, 0.3) is 0 Å². The summed E-state index contributed by atoms with van der Waals surface area (Å²) >= 11 is 0. The van der Waals surface area contributed by atoms with E-state index in [1.54, 1.807) is 19.0 Å². The van der Waals surface area contributed by atoms with Crippen LogP contribution >= 0.6 is 0 Å². The number of rotatable bonds is 6. The number of fused-ring (bicyclic) bond motifs is 2. The van der Waals surface area contributed by atoms with E-state index in [1.165, 1.54) is 17.1 Å². The van der Waals surface area contributed by atoms with Gasteiger partial charge >= 0.3 is 16.2 Å². The largest absolute Gasteiger partial charge is 0.608 e. The van der Waals surface area contributed by atoms with Gasteiger partial charge in [0.15, 0.2) is 0 Å². The average Bonchev–Trinajstić information content (AvgIpc) is 3.61. The van der Waals surface area contributed by atoms with E-state index < -0.39 is 32.9 Å². The summed E-state index contributed by atoms with van der Waals surface area (Å²) in [6, 6.07) is 0.264. The Labute approximate surface area is 204 Å². The zero-order chi connectivity index (χ0) is 24.9. The first kappa shape index (κ1) is 24.2. The Morgan fingerprint density at radius 3 is 2.43 bits per heavy atom. The number of anilines is 2. The van der Waals surface area contributed by atoms with Crippen molar-refractivity contribution in [1.82, 2.24) is 14.7 Å². The number of carbonyl (C=O) groups is 1. The van der Waals surface area contributed by atoms with E-state index >= 15 is 0 Å². The number of alkyl halides is 1. The lowest BCUT2D eigenvalue weighted by Gasteiger charge is -2.32. The minimum absolute atomic E-state index is 0.114. The van der Waals surface area contributed by atoms with Crippen molar-refractivity contribution in [2.24, 2.45) is 7.05 Å². The molecule has 190 valence electrons. The van der Waals surface area contributed by atoms with Gasteiger partial charge in [-0.25, -0.2) is 13.5 Å². The van der Waals surface area contributed by atoms with E-state index in [2.05, 4.69) is 16.5 Å². The fraction of sp³-hybridized carbons (Fsp3) is 0.565. The molecule has 3 unspecified atom stereocenters. The Bertz CT molecular complexity index is 1210. The molecule has 3 aliphatic rings. The molecule has 1 aliphatic heterocycles. The minimum Gasteiger partial charge on any atom is -0.608 e. The molecule has 2 heterocycles. The van der Waals surface area contributed by atoms with Crippen LogP contribution in [-0.2, 0) is 42.9 Å². The van der Waals surface area contributed by atoms with Crippen LogP contribution in [0.3, 0.4) is 0 Å². The Balaban J connectivity index is 1.44. The standard InChI is InChI=1S/C23H31FN6O4S/c1-27-10-9-20(24)21(27)14-29(17-12-25-28(2)13-17)35(33,34)30(32)23(31)26-22-18-7-3-5-15(18)11-16-6-4-8-19(16)22/h11-13,20-21,30H,3-10,14H2,1-2H3,(H,26,31). The number of aryl methyl sites for hydroxylation is 3. The van der Waals surface area contributed by atoms with Crippen molar-refractivity contribution in [2.45, 2.75) is 57.2 Å². The van der Waals surface area contributed by atoms with Crippen LogP contribution in [0.5, 0.6) is 0 Å². The number of nitrogens with one attached hydrogen (secondary N) is 2. The molecule has 12 heteroatoms. The summed E-state index contributed by atoms with van der Waals surface area (Å²) in [5.74, 6) is 0. The fourth-order valence-corrected chi connectivity index (χ4v) is 6.82. The molecule has 3 atom stereocenters. The van der Waals surface area contributed by atoms with Crippen molar-refractivity contribution in [1.29, 1.82) is 0 Å². The summed E-state index contributed by atoms with van der Waals surface area (Å²) in [4.78, 5) is 14.8. The third-order valence-electron chi connectivity index (χ3n) is 7.49. The third-order valence-corrected chi connectivity index (χ3v) is 9.09. The molecule has 10 nitrogen and oxygen atoms in total. The molecule has 0 radical (unpaired) electrons.